The second kappa shape index (κ2) is 6.35. The van der Waals surface area contributed by atoms with E-state index in [0.717, 1.165) is 17.0 Å². The average molecular weight is 281 g/mol. The van der Waals surface area contributed by atoms with Gasteiger partial charge in [-0.3, -0.25) is 9.59 Å². The third kappa shape index (κ3) is 4.08. The summed E-state index contributed by atoms with van der Waals surface area (Å²) in [6.45, 7) is 2.59. The van der Waals surface area contributed by atoms with E-state index in [1.54, 1.807) is 30.7 Å². The van der Waals surface area contributed by atoms with Gasteiger partial charge >= 0.3 is 4.87 Å². The maximum absolute atomic E-state index is 11.8. The van der Waals surface area contributed by atoms with Gasteiger partial charge in [0.05, 0.1) is 18.8 Å². The molecule has 1 amide bonds. The van der Waals surface area contributed by atoms with E-state index in [1.165, 1.54) is 0 Å². The molecule has 0 radical (unpaired) electrons. The Morgan fingerprint density at radius 2 is 2.37 bits per heavy atom. The molecule has 0 aliphatic heterocycles. The number of thiazole rings is 1. The fourth-order valence-electron chi connectivity index (χ4n) is 1.50. The van der Waals surface area contributed by atoms with Gasteiger partial charge in [0, 0.05) is 17.6 Å². The molecule has 7 heteroatoms. The lowest BCUT2D eigenvalue weighted by Crippen LogP contribution is -2.41. The van der Waals surface area contributed by atoms with Crippen molar-refractivity contribution in [2.24, 2.45) is 0 Å². The summed E-state index contributed by atoms with van der Waals surface area (Å²) in [4.78, 5) is 25.3. The molecule has 0 saturated heterocycles. The van der Waals surface area contributed by atoms with E-state index in [9.17, 15) is 9.59 Å². The molecule has 0 saturated carbocycles. The van der Waals surface area contributed by atoms with Crippen molar-refractivity contribution in [2.75, 3.05) is 0 Å². The van der Waals surface area contributed by atoms with Crippen LogP contribution in [0.4, 0.5) is 0 Å². The summed E-state index contributed by atoms with van der Waals surface area (Å²) in [5, 5.41) is 7.54. The topological polar surface area (TPSA) is 87.1 Å². The van der Waals surface area contributed by atoms with Crippen LogP contribution in [-0.4, -0.2) is 16.9 Å². The van der Waals surface area contributed by atoms with E-state index in [-0.39, 0.29) is 16.8 Å². The summed E-state index contributed by atoms with van der Waals surface area (Å²) < 4.78 is 5.12. The first-order valence-electron chi connectivity index (χ1n) is 5.85. The van der Waals surface area contributed by atoms with E-state index in [0.29, 0.717) is 18.8 Å². The fourth-order valence-corrected chi connectivity index (χ4v) is 2.08. The molecular formula is C12H15N3O3S. The average Bonchev–Trinajstić information content (AvgIpc) is 3.04. The van der Waals surface area contributed by atoms with Gasteiger partial charge in [-0.2, -0.15) is 0 Å². The van der Waals surface area contributed by atoms with Crippen molar-refractivity contribution in [1.29, 1.82) is 0 Å². The maximum Gasteiger partial charge on any atom is 0.304 e. The molecule has 3 N–H and O–H groups in total. The Labute approximate surface area is 113 Å². The molecule has 2 aromatic rings. The first-order chi connectivity index (χ1) is 9.15. The Morgan fingerprint density at radius 1 is 1.53 bits per heavy atom. The fraction of sp³-hybridized carbons (Fsp3) is 0.333. The number of furan rings is 1. The van der Waals surface area contributed by atoms with Crippen molar-refractivity contribution in [3.05, 3.63) is 44.9 Å². The van der Waals surface area contributed by atoms with E-state index in [4.69, 9.17) is 4.42 Å². The summed E-state index contributed by atoms with van der Waals surface area (Å²) in [6, 6.07) is 3.23. The highest BCUT2D eigenvalue weighted by molar-refractivity contribution is 7.07. The number of rotatable bonds is 6. The minimum atomic E-state index is -0.349. The first-order valence-corrected chi connectivity index (χ1v) is 6.73. The van der Waals surface area contributed by atoms with Crippen LogP contribution in [0.25, 0.3) is 0 Å². The third-order valence-corrected chi connectivity index (χ3v) is 3.30. The highest BCUT2D eigenvalue weighted by Gasteiger charge is 2.12. The van der Waals surface area contributed by atoms with Crippen molar-refractivity contribution in [1.82, 2.24) is 15.6 Å². The molecule has 19 heavy (non-hydrogen) atoms. The zero-order chi connectivity index (χ0) is 13.7. The monoisotopic (exact) mass is 281 g/mol. The van der Waals surface area contributed by atoms with E-state index < -0.39 is 0 Å². The smallest absolute Gasteiger partial charge is 0.304 e. The Kier molecular flexibility index (Phi) is 4.53. The van der Waals surface area contributed by atoms with Crippen molar-refractivity contribution in [3.8, 4) is 0 Å². The van der Waals surface area contributed by atoms with Crippen molar-refractivity contribution in [2.45, 2.75) is 26.1 Å². The number of hydrogen-bond acceptors (Lipinski definition) is 5. The molecule has 2 rings (SSSR count). The standard InChI is InChI=1S/C12H15N3O3S/c1-8(13-5-9-7-19-12(17)15-9)11(16)14-6-10-3-2-4-18-10/h2-4,7-8,13H,5-6H2,1H3,(H,14,16)(H,15,17). The first kappa shape index (κ1) is 13.6. The van der Waals surface area contributed by atoms with Gasteiger partial charge in [0.25, 0.3) is 0 Å². The number of aromatic amines is 1. The lowest BCUT2D eigenvalue weighted by molar-refractivity contribution is -0.123. The van der Waals surface area contributed by atoms with E-state index in [2.05, 4.69) is 15.6 Å². The number of nitrogens with one attached hydrogen (secondary N) is 3. The largest absolute Gasteiger partial charge is 0.467 e. The van der Waals surface area contributed by atoms with Crippen LogP contribution in [0.1, 0.15) is 18.4 Å². The summed E-state index contributed by atoms with van der Waals surface area (Å²) >= 11 is 1.11. The van der Waals surface area contributed by atoms with Gasteiger partial charge in [0.1, 0.15) is 5.76 Å². The Hall–Kier alpha value is -1.86. The second-order valence-electron chi connectivity index (χ2n) is 4.07. The lowest BCUT2D eigenvalue weighted by Gasteiger charge is -2.12. The van der Waals surface area contributed by atoms with Crippen molar-refractivity contribution >= 4 is 17.2 Å². The predicted octanol–water partition coefficient (Wildman–Crippen LogP) is 0.824. The highest BCUT2D eigenvalue weighted by Crippen LogP contribution is 1.99. The van der Waals surface area contributed by atoms with E-state index in [1.807, 2.05) is 0 Å². The van der Waals surface area contributed by atoms with Crippen LogP contribution in [0.15, 0.2) is 33.0 Å². The van der Waals surface area contributed by atoms with Crippen LogP contribution >= 0.6 is 11.3 Å². The van der Waals surface area contributed by atoms with Gasteiger partial charge < -0.3 is 20.0 Å². The summed E-state index contributed by atoms with van der Waals surface area (Å²) in [7, 11) is 0. The van der Waals surface area contributed by atoms with Crippen molar-refractivity contribution < 1.29 is 9.21 Å². The number of H-pyrrole nitrogens is 1. The molecule has 6 nitrogen and oxygen atoms in total. The Balaban J connectivity index is 1.74. The van der Waals surface area contributed by atoms with Crippen LogP contribution in [0.5, 0.6) is 0 Å². The van der Waals surface area contributed by atoms with Gasteiger partial charge in [-0.05, 0) is 19.1 Å². The number of hydrogen-bond donors (Lipinski definition) is 3. The van der Waals surface area contributed by atoms with Crippen LogP contribution < -0.4 is 15.5 Å². The molecule has 0 bridgehead atoms. The van der Waals surface area contributed by atoms with Gasteiger partial charge in [-0.25, -0.2) is 0 Å². The van der Waals surface area contributed by atoms with Crippen LogP contribution in [0.3, 0.4) is 0 Å². The van der Waals surface area contributed by atoms with Crippen molar-refractivity contribution in [3.63, 3.8) is 0 Å². The molecule has 0 aliphatic rings. The lowest BCUT2D eigenvalue weighted by atomic mass is 10.3. The maximum atomic E-state index is 11.8. The van der Waals surface area contributed by atoms with Gasteiger partial charge in [-0.15, -0.1) is 0 Å². The zero-order valence-corrected chi connectivity index (χ0v) is 11.3. The summed E-state index contributed by atoms with van der Waals surface area (Å²) in [5.74, 6) is 0.594. The molecule has 1 atom stereocenters. The molecule has 0 fully saturated rings. The second-order valence-corrected chi connectivity index (χ2v) is 4.92. The molecule has 1 unspecified atom stereocenters. The third-order valence-electron chi connectivity index (χ3n) is 2.58. The summed E-state index contributed by atoms with van der Waals surface area (Å²) in [6.07, 6.45) is 1.57. The highest BCUT2D eigenvalue weighted by atomic mass is 32.1. The number of amides is 1. The Morgan fingerprint density at radius 3 is 3.00 bits per heavy atom. The number of carbonyl (C=O) groups is 1. The molecule has 102 valence electrons. The van der Waals surface area contributed by atoms with E-state index >= 15 is 0 Å². The Bertz CT molecular complexity index is 573. The van der Waals surface area contributed by atoms with Gasteiger partial charge in [-0.1, -0.05) is 11.3 Å². The normalized spacial score (nSPS) is 12.3. The molecule has 0 spiro atoms. The molecule has 2 heterocycles. The molecular weight excluding hydrogens is 266 g/mol. The number of aromatic nitrogens is 1. The molecule has 0 aromatic carbocycles. The van der Waals surface area contributed by atoms with Crippen LogP contribution in [0.2, 0.25) is 0 Å². The molecule has 0 aliphatic carbocycles. The van der Waals surface area contributed by atoms with Crippen LogP contribution in [0, 0.1) is 0 Å². The number of carbonyl (C=O) groups excluding carboxylic acids is 1. The van der Waals surface area contributed by atoms with Gasteiger partial charge in [0.2, 0.25) is 5.91 Å². The summed E-state index contributed by atoms with van der Waals surface area (Å²) in [5.41, 5.74) is 0.778. The predicted molar refractivity (Wildman–Crippen MR) is 71.8 cm³/mol. The quantitative estimate of drug-likeness (QED) is 0.731. The minimum Gasteiger partial charge on any atom is -0.467 e. The SMILES string of the molecule is CC(NCc1csc(=O)[nH]1)C(=O)NCc1ccco1. The molecule has 2 aromatic heterocycles. The minimum absolute atomic E-state index is 0.0910. The van der Waals surface area contributed by atoms with Crippen LogP contribution in [-0.2, 0) is 17.9 Å². The zero-order valence-electron chi connectivity index (χ0n) is 10.4. The van der Waals surface area contributed by atoms with Gasteiger partial charge in [0.15, 0.2) is 0 Å².